The minimum Gasteiger partial charge on any atom is -0.480 e. The first-order valence-electron chi connectivity index (χ1n) is 8.19. The number of nitrogens with zero attached hydrogens (tertiary/aromatic N) is 2. The lowest BCUT2D eigenvalue weighted by molar-refractivity contribution is -0.145. The molecule has 0 radical (unpaired) electrons. The lowest BCUT2D eigenvalue weighted by atomic mass is 9.81. The molecule has 1 fully saturated rings. The highest BCUT2D eigenvalue weighted by molar-refractivity contribution is 5.98. The van der Waals surface area contributed by atoms with E-state index < -0.39 is 11.5 Å². The zero-order valence-corrected chi connectivity index (χ0v) is 13.7. The molecule has 1 amide bonds. The molecule has 1 aromatic heterocycles. The maximum absolute atomic E-state index is 12.5. The average molecular weight is 327 g/mol. The average Bonchev–Trinajstić information content (AvgIpc) is 3.02. The van der Waals surface area contributed by atoms with Crippen LogP contribution in [0.4, 0.5) is 0 Å². The third-order valence-electron chi connectivity index (χ3n) is 4.59. The van der Waals surface area contributed by atoms with Crippen LogP contribution in [-0.4, -0.2) is 32.3 Å². The maximum atomic E-state index is 12.5. The highest BCUT2D eigenvalue weighted by Crippen LogP contribution is 2.29. The number of amides is 1. The largest absolute Gasteiger partial charge is 0.480 e. The summed E-state index contributed by atoms with van der Waals surface area (Å²) in [5.41, 5.74) is 1.09. The number of aromatic nitrogens is 2. The predicted octanol–water partition coefficient (Wildman–Crippen LogP) is 2.70. The molecular weight excluding hydrogens is 306 g/mol. The first-order valence-corrected chi connectivity index (χ1v) is 8.19. The van der Waals surface area contributed by atoms with Gasteiger partial charge in [-0.2, -0.15) is 5.10 Å². The van der Waals surface area contributed by atoms with Gasteiger partial charge >= 0.3 is 5.97 Å². The summed E-state index contributed by atoms with van der Waals surface area (Å²) >= 11 is 0. The van der Waals surface area contributed by atoms with E-state index in [2.05, 4.69) is 10.4 Å². The van der Waals surface area contributed by atoms with Gasteiger partial charge in [0.15, 0.2) is 0 Å². The van der Waals surface area contributed by atoms with E-state index in [1.807, 2.05) is 19.2 Å². The molecular formula is C18H21N3O3. The van der Waals surface area contributed by atoms with Crippen molar-refractivity contribution in [1.29, 1.82) is 0 Å². The van der Waals surface area contributed by atoms with Crippen molar-refractivity contribution >= 4 is 11.9 Å². The first-order chi connectivity index (χ1) is 11.5. The van der Waals surface area contributed by atoms with E-state index in [0.29, 0.717) is 18.4 Å². The van der Waals surface area contributed by atoms with Gasteiger partial charge in [-0.1, -0.05) is 19.3 Å². The van der Waals surface area contributed by atoms with Gasteiger partial charge in [0.05, 0.1) is 11.4 Å². The van der Waals surface area contributed by atoms with Gasteiger partial charge in [-0.3, -0.25) is 4.79 Å². The van der Waals surface area contributed by atoms with Gasteiger partial charge in [-0.05, 0) is 50.1 Å². The van der Waals surface area contributed by atoms with Crippen LogP contribution in [0.2, 0.25) is 0 Å². The van der Waals surface area contributed by atoms with Gasteiger partial charge in [0.1, 0.15) is 5.54 Å². The van der Waals surface area contributed by atoms with Crippen LogP contribution in [0.25, 0.3) is 5.69 Å². The number of benzene rings is 1. The fourth-order valence-electron chi connectivity index (χ4n) is 3.16. The smallest absolute Gasteiger partial charge is 0.329 e. The molecule has 126 valence electrons. The second-order valence-corrected chi connectivity index (χ2v) is 6.35. The minimum atomic E-state index is -1.13. The molecule has 1 aliphatic carbocycles. The fraction of sp³-hybridized carbons (Fsp3) is 0.389. The normalized spacial score (nSPS) is 16.5. The third-order valence-corrected chi connectivity index (χ3v) is 4.59. The number of rotatable bonds is 4. The molecule has 2 aromatic rings. The van der Waals surface area contributed by atoms with Crippen molar-refractivity contribution < 1.29 is 14.7 Å². The van der Waals surface area contributed by atoms with Gasteiger partial charge in [0.25, 0.3) is 5.91 Å². The molecule has 6 heteroatoms. The molecule has 1 heterocycles. The lowest BCUT2D eigenvalue weighted by Crippen LogP contribution is -2.55. The molecule has 0 spiro atoms. The van der Waals surface area contributed by atoms with E-state index in [4.69, 9.17) is 0 Å². The van der Waals surface area contributed by atoms with E-state index in [9.17, 15) is 14.7 Å². The Hall–Kier alpha value is -2.63. The zero-order valence-electron chi connectivity index (χ0n) is 13.7. The fourth-order valence-corrected chi connectivity index (χ4v) is 3.16. The monoisotopic (exact) mass is 327 g/mol. The van der Waals surface area contributed by atoms with Crippen LogP contribution in [0.5, 0.6) is 0 Å². The van der Waals surface area contributed by atoms with Crippen molar-refractivity contribution in [2.24, 2.45) is 0 Å². The van der Waals surface area contributed by atoms with Crippen LogP contribution in [-0.2, 0) is 4.79 Å². The molecule has 2 N–H and O–H groups in total. The van der Waals surface area contributed by atoms with E-state index in [-0.39, 0.29) is 5.91 Å². The van der Waals surface area contributed by atoms with Crippen molar-refractivity contribution in [1.82, 2.24) is 15.1 Å². The summed E-state index contributed by atoms with van der Waals surface area (Å²) in [7, 11) is 0. The number of carbonyl (C=O) groups excluding carboxylic acids is 1. The molecule has 3 rings (SSSR count). The Kier molecular flexibility index (Phi) is 4.38. The van der Waals surface area contributed by atoms with Crippen LogP contribution in [0, 0.1) is 6.92 Å². The molecule has 1 aliphatic rings. The van der Waals surface area contributed by atoms with Gasteiger partial charge in [-0.15, -0.1) is 0 Å². The molecule has 1 aromatic carbocycles. The van der Waals surface area contributed by atoms with Crippen molar-refractivity contribution in [2.45, 2.75) is 44.6 Å². The molecule has 0 unspecified atom stereocenters. The Bertz CT molecular complexity index is 743. The quantitative estimate of drug-likeness (QED) is 0.904. The third kappa shape index (κ3) is 3.18. The van der Waals surface area contributed by atoms with E-state index in [1.165, 1.54) is 0 Å². The Morgan fingerprint density at radius 1 is 1.12 bits per heavy atom. The molecule has 6 nitrogen and oxygen atoms in total. The second-order valence-electron chi connectivity index (χ2n) is 6.35. The summed E-state index contributed by atoms with van der Waals surface area (Å²) in [5, 5.41) is 16.6. The molecule has 24 heavy (non-hydrogen) atoms. The summed E-state index contributed by atoms with van der Waals surface area (Å²) in [5.74, 6) is -1.29. The van der Waals surface area contributed by atoms with Gasteiger partial charge in [0.2, 0.25) is 0 Å². The number of nitrogens with one attached hydrogen (secondary N) is 1. The number of carbonyl (C=O) groups is 2. The van der Waals surface area contributed by atoms with Crippen LogP contribution in [0.15, 0.2) is 36.5 Å². The van der Waals surface area contributed by atoms with Crippen molar-refractivity contribution in [2.75, 3.05) is 0 Å². The number of carboxylic acids is 1. The number of hydrogen-bond acceptors (Lipinski definition) is 3. The Balaban J connectivity index is 1.76. The standard InChI is InChI=1S/C18H21N3O3/c1-13-9-12-21(20-13)15-7-5-14(6-8-15)16(22)19-18(17(23)24)10-3-2-4-11-18/h5-9,12H,2-4,10-11H2,1H3,(H,19,22)(H,23,24). The van der Waals surface area contributed by atoms with E-state index >= 15 is 0 Å². The summed E-state index contributed by atoms with van der Waals surface area (Å²) in [4.78, 5) is 24.1. The summed E-state index contributed by atoms with van der Waals surface area (Å²) in [6, 6.07) is 8.89. The first kappa shape index (κ1) is 16.2. The van der Waals surface area contributed by atoms with E-state index in [0.717, 1.165) is 30.6 Å². The number of hydrogen-bond donors (Lipinski definition) is 2. The lowest BCUT2D eigenvalue weighted by Gasteiger charge is -2.34. The van der Waals surface area contributed by atoms with Crippen molar-refractivity contribution in [3.8, 4) is 5.69 Å². The molecule has 0 atom stereocenters. The van der Waals surface area contributed by atoms with Crippen LogP contribution in [0.1, 0.15) is 48.2 Å². The Morgan fingerprint density at radius 3 is 2.33 bits per heavy atom. The minimum absolute atomic E-state index is 0.345. The van der Waals surface area contributed by atoms with Crippen LogP contribution < -0.4 is 5.32 Å². The highest BCUT2D eigenvalue weighted by Gasteiger charge is 2.41. The SMILES string of the molecule is Cc1ccn(-c2ccc(C(=O)NC3(C(=O)O)CCCCC3)cc2)n1. The van der Waals surface area contributed by atoms with Crippen LogP contribution >= 0.6 is 0 Å². The highest BCUT2D eigenvalue weighted by atomic mass is 16.4. The zero-order chi connectivity index (χ0) is 17.2. The second kappa shape index (κ2) is 6.47. The molecule has 1 saturated carbocycles. The number of aryl methyl sites for hydroxylation is 1. The van der Waals surface area contributed by atoms with Gasteiger partial charge in [0, 0.05) is 11.8 Å². The number of carboxylic acid groups (broad SMARTS) is 1. The Labute approximate surface area is 140 Å². The van der Waals surface area contributed by atoms with Crippen LogP contribution in [0.3, 0.4) is 0 Å². The van der Waals surface area contributed by atoms with Gasteiger partial charge < -0.3 is 10.4 Å². The summed E-state index contributed by atoms with van der Waals surface area (Å²) in [6.07, 6.45) is 5.49. The Morgan fingerprint density at radius 2 is 1.79 bits per heavy atom. The summed E-state index contributed by atoms with van der Waals surface area (Å²) < 4.78 is 1.73. The number of aliphatic carboxylic acids is 1. The van der Waals surface area contributed by atoms with Gasteiger partial charge in [-0.25, -0.2) is 9.48 Å². The van der Waals surface area contributed by atoms with E-state index in [1.54, 1.807) is 28.9 Å². The predicted molar refractivity (Wildman–Crippen MR) is 89.2 cm³/mol. The molecule has 0 saturated heterocycles. The van der Waals surface area contributed by atoms with Crippen molar-refractivity contribution in [3.63, 3.8) is 0 Å². The summed E-state index contributed by atoms with van der Waals surface area (Å²) in [6.45, 7) is 1.91. The molecule has 0 bridgehead atoms. The topological polar surface area (TPSA) is 84.2 Å². The maximum Gasteiger partial charge on any atom is 0.329 e. The molecule has 0 aliphatic heterocycles. The van der Waals surface area contributed by atoms with Crippen molar-refractivity contribution in [3.05, 3.63) is 47.8 Å².